The van der Waals surface area contributed by atoms with E-state index in [9.17, 15) is 9.59 Å². The Kier molecular flexibility index (Phi) is 7.29. The molecule has 192 valence electrons. The Morgan fingerprint density at radius 2 is 1.86 bits per heavy atom. The predicted octanol–water partition coefficient (Wildman–Crippen LogP) is 5.09. The zero-order valence-electron chi connectivity index (χ0n) is 22.1. The van der Waals surface area contributed by atoms with E-state index < -0.39 is 6.04 Å². The number of nitrogens with one attached hydrogen (secondary N) is 2. The highest BCUT2D eigenvalue weighted by Crippen LogP contribution is 2.50. The first-order valence-electron chi connectivity index (χ1n) is 12.5. The van der Waals surface area contributed by atoms with Crippen molar-refractivity contribution in [1.82, 2.24) is 5.32 Å². The summed E-state index contributed by atoms with van der Waals surface area (Å²) in [5.74, 6) is 1.44. The van der Waals surface area contributed by atoms with Crippen LogP contribution < -0.4 is 25.0 Å². The molecule has 2 aliphatic rings. The van der Waals surface area contributed by atoms with E-state index in [1.165, 1.54) is 0 Å². The van der Waals surface area contributed by atoms with Gasteiger partial charge in [-0.05, 0) is 36.0 Å². The van der Waals surface area contributed by atoms with Crippen LogP contribution in [0.15, 0.2) is 53.7 Å². The number of ketones is 1. The molecule has 4 rings (SSSR count). The molecule has 1 unspecified atom stereocenters. The summed E-state index contributed by atoms with van der Waals surface area (Å²) in [5.41, 5.74) is 3.90. The van der Waals surface area contributed by atoms with E-state index in [0.717, 1.165) is 29.1 Å². The van der Waals surface area contributed by atoms with E-state index in [0.29, 0.717) is 36.0 Å². The quantitative estimate of drug-likeness (QED) is 0.562. The number of benzene rings is 2. The highest BCUT2D eigenvalue weighted by molar-refractivity contribution is 6.02. The largest absolute Gasteiger partial charge is 0.493 e. The van der Waals surface area contributed by atoms with Crippen LogP contribution in [0, 0.1) is 11.3 Å². The van der Waals surface area contributed by atoms with Crippen LogP contribution >= 0.6 is 0 Å². The minimum absolute atomic E-state index is 0.0732. The van der Waals surface area contributed by atoms with Crippen LogP contribution in [0.4, 0.5) is 11.4 Å². The molecule has 0 saturated carbocycles. The van der Waals surface area contributed by atoms with E-state index in [-0.39, 0.29) is 23.7 Å². The van der Waals surface area contributed by atoms with Gasteiger partial charge in [-0.25, -0.2) is 0 Å². The van der Waals surface area contributed by atoms with Gasteiger partial charge in [0.15, 0.2) is 17.3 Å². The summed E-state index contributed by atoms with van der Waals surface area (Å²) in [7, 11) is 3.20. The van der Waals surface area contributed by atoms with Crippen molar-refractivity contribution >= 4 is 23.1 Å². The van der Waals surface area contributed by atoms with E-state index in [1.54, 1.807) is 14.2 Å². The lowest BCUT2D eigenvalue weighted by Gasteiger charge is -2.38. The molecule has 7 heteroatoms. The first-order valence-corrected chi connectivity index (χ1v) is 12.5. The average Bonchev–Trinajstić information content (AvgIpc) is 2.95. The number of hydrogen-bond donors (Lipinski definition) is 2. The molecule has 1 aliphatic carbocycles. The van der Waals surface area contributed by atoms with Crippen LogP contribution in [-0.4, -0.2) is 39.0 Å². The van der Waals surface area contributed by atoms with Gasteiger partial charge in [-0.15, -0.1) is 0 Å². The van der Waals surface area contributed by atoms with E-state index in [4.69, 9.17) is 9.47 Å². The number of para-hydroxylation sites is 3. The number of anilines is 2. The molecular weight excluding hydrogens is 454 g/mol. The van der Waals surface area contributed by atoms with Crippen molar-refractivity contribution in [2.45, 2.75) is 46.6 Å². The molecule has 2 N–H and O–H groups in total. The maximum atomic E-state index is 13.8. The van der Waals surface area contributed by atoms with Gasteiger partial charge in [0.1, 0.15) is 0 Å². The molecule has 36 heavy (non-hydrogen) atoms. The third kappa shape index (κ3) is 5.06. The fourth-order valence-corrected chi connectivity index (χ4v) is 5.21. The standard InChI is InChI=1S/C29H37N3O4/c1-18(2)16-30-25(34)17-32-22-12-8-7-11-20(22)31-21-14-29(3,4)15-23(33)26(21)27(32)19-10-9-13-24(35-5)28(19)36-6/h7-13,18,27,31H,14-17H2,1-6H3,(H,30,34). The molecule has 0 bridgehead atoms. The maximum absolute atomic E-state index is 13.8. The summed E-state index contributed by atoms with van der Waals surface area (Å²) in [6.07, 6.45) is 1.15. The molecule has 1 heterocycles. The van der Waals surface area contributed by atoms with Crippen LogP contribution in [0.5, 0.6) is 11.5 Å². The smallest absolute Gasteiger partial charge is 0.239 e. The molecule has 1 atom stereocenters. The van der Waals surface area contributed by atoms with Crippen molar-refractivity contribution in [1.29, 1.82) is 0 Å². The van der Waals surface area contributed by atoms with Crippen LogP contribution in [0.1, 0.15) is 52.1 Å². The second kappa shape index (κ2) is 10.2. The first-order chi connectivity index (χ1) is 17.1. The van der Waals surface area contributed by atoms with Crippen LogP contribution in [0.3, 0.4) is 0 Å². The zero-order valence-corrected chi connectivity index (χ0v) is 22.1. The van der Waals surface area contributed by atoms with Crippen LogP contribution in [0.2, 0.25) is 0 Å². The molecule has 1 aliphatic heterocycles. The summed E-state index contributed by atoms with van der Waals surface area (Å²) < 4.78 is 11.4. The second-order valence-electron chi connectivity index (χ2n) is 10.8. The molecular formula is C29H37N3O4. The van der Waals surface area contributed by atoms with E-state index in [2.05, 4.69) is 38.3 Å². The molecule has 2 aromatic carbocycles. The van der Waals surface area contributed by atoms with Crippen LogP contribution in [-0.2, 0) is 9.59 Å². The number of fused-ring (bicyclic) bond motifs is 1. The highest BCUT2D eigenvalue weighted by Gasteiger charge is 2.43. The van der Waals surface area contributed by atoms with Crippen molar-refractivity contribution in [2.24, 2.45) is 11.3 Å². The SMILES string of the molecule is COc1cccc(C2C3=C(CC(C)(C)CC3=O)Nc3ccccc3N2CC(=O)NCC(C)C)c1OC. The number of methoxy groups -OCH3 is 2. The predicted molar refractivity (Wildman–Crippen MR) is 143 cm³/mol. The van der Waals surface area contributed by atoms with Gasteiger partial charge in [-0.3, -0.25) is 9.59 Å². The van der Waals surface area contributed by atoms with Crippen molar-refractivity contribution < 1.29 is 19.1 Å². The third-order valence-corrected chi connectivity index (χ3v) is 6.75. The van der Waals surface area contributed by atoms with Gasteiger partial charge in [0.05, 0.1) is 38.2 Å². The molecule has 0 saturated heterocycles. The number of hydrogen-bond acceptors (Lipinski definition) is 6. The number of rotatable bonds is 7. The fourth-order valence-electron chi connectivity index (χ4n) is 5.21. The summed E-state index contributed by atoms with van der Waals surface area (Å²) >= 11 is 0. The van der Waals surface area contributed by atoms with Gasteiger partial charge in [0, 0.05) is 29.8 Å². The Morgan fingerprint density at radius 1 is 1.11 bits per heavy atom. The number of nitrogens with zero attached hydrogens (tertiary/aromatic N) is 1. The average molecular weight is 492 g/mol. The highest BCUT2D eigenvalue weighted by atomic mass is 16.5. The minimum Gasteiger partial charge on any atom is -0.493 e. The fraction of sp³-hybridized carbons (Fsp3) is 0.448. The summed E-state index contributed by atoms with van der Waals surface area (Å²) in [5, 5.41) is 6.62. The molecule has 7 nitrogen and oxygen atoms in total. The Labute approximate surface area is 213 Å². The normalized spacial score (nSPS) is 18.7. The van der Waals surface area contributed by atoms with Gasteiger partial charge in [-0.2, -0.15) is 0 Å². The molecule has 2 aromatic rings. The number of carbonyl (C=O) groups excluding carboxylic acids is 2. The Hall–Kier alpha value is -3.48. The Bertz CT molecular complexity index is 1180. The Morgan fingerprint density at radius 3 is 2.56 bits per heavy atom. The molecule has 0 radical (unpaired) electrons. The first kappa shape index (κ1) is 25.6. The second-order valence-corrected chi connectivity index (χ2v) is 10.8. The van der Waals surface area contributed by atoms with Crippen molar-refractivity contribution in [3.8, 4) is 11.5 Å². The molecule has 0 aromatic heterocycles. The number of allylic oxidation sites excluding steroid dienone is 1. The molecule has 1 amide bonds. The summed E-state index contributed by atoms with van der Waals surface area (Å²) in [6, 6.07) is 13.1. The van der Waals surface area contributed by atoms with Crippen LogP contribution in [0.25, 0.3) is 0 Å². The maximum Gasteiger partial charge on any atom is 0.239 e. The lowest BCUT2D eigenvalue weighted by atomic mass is 9.73. The minimum atomic E-state index is -0.533. The number of carbonyl (C=O) groups is 2. The zero-order chi connectivity index (χ0) is 26.0. The topological polar surface area (TPSA) is 79.9 Å². The van der Waals surface area contributed by atoms with Gasteiger partial charge in [-0.1, -0.05) is 52.0 Å². The number of Topliss-reactive ketones (excluding diaryl/α,β-unsaturated/α-hetero) is 1. The van der Waals surface area contributed by atoms with Crippen molar-refractivity contribution in [2.75, 3.05) is 37.5 Å². The monoisotopic (exact) mass is 491 g/mol. The molecule has 0 spiro atoms. The Balaban J connectivity index is 1.95. The lowest BCUT2D eigenvalue weighted by molar-refractivity contribution is -0.120. The van der Waals surface area contributed by atoms with Gasteiger partial charge >= 0.3 is 0 Å². The number of amides is 1. The van der Waals surface area contributed by atoms with Gasteiger partial charge < -0.3 is 25.0 Å². The van der Waals surface area contributed by atoms with Gasteiger partial charge in [0.25, 0.3) is 0 Å². The molecule has 0 fully saturated rings. The third-order valence-electron chi connectivity index (χ3n) is 6.75. The summed E-state index contributed by atoms with van der Waals surface area (Å²) in [4.78, 5) is 29.1. The lowest BCUT2D eigenvalue weighted by Crippen LogP contribution is -2.42. The van der Waals surface area contributed by atoms with Crippen molar-refractivity contribution in [3.05, 3.63) is 59.3 Å². The van der Waals surface area contributed by atoms with Gasteiger partial charge in [0.2, 0.25) is 5.91 Å². The van der Waals surface area contributed by atoms with E-state index >= 15 is 0 Å². The number of ether oxygens (including phenoxy) is 2. The van der Waals surface area contributed by atoms with E-state index in [1.807, 2.05) is 47.4 Å². The summed E-state index contributed by atoms with van der Waals surface area (Å²) in [6.45, 7) is 9.03. The van der Waals surface area contributed by atoms with Crippen molar-refractivity contribution in [3.63, 3.8) is 0 Å².